The number of urea groups is 1. The monoisotopic (exact) mass is 495 g/mol. The number of piperidine rings is 1. The summed E-state index contributed by atoms with van der Waals surface area (Å²) in [6.07, 6.45) is 5.35. The summed E-state index contributed by atoms with van der Waals surface area (Å²) in [4.78, 5) is 24.3. The van der Waals surface area contributed by atoms with E-state index in [1.54, 1.807) is 12.1 Å². The zero-order valence-corrected chi connectivity index (χ0v) is 20.3. The zero-order chi connectivity index (χ0) is 24.2. The van der Waals surface area contributed by atoms with Gasteiger partial charge in [-0.3, -0.25) is 10.1 Å². The van der Waals surface area contributed by atoms with Gasteiger partial charge in [0.15, 0.2) is 21.4 Å². The van der Waals surface area contributed by atoms with Crippen LogP contribution in [0.4, 0.5) is 9.18 Å². The molecule has 2 aliphatic heterocycles. The third-order valence-electron chi connectivity index (χ3n) is 7.02. The van der Waals surface area contributed by atoms with Crippen LogP contribution in [0.2, 0.25) is 0 Å². The smallest absolute Gasteiger partial charge is 0.324 e. The van der Waals surface area contributed by atoms with Crippen molar-refractivity contribution in [3.63, 3.8) is 0 Å². The molecule has 8 nitrogen and oxygen atoms in total. The first-order chi connectivity index (χ1) is 16.3. The number of carbonyl (C=O) groups is 2. The SMILES string of the molecule is O=C1CN(CCCCCS(=O)(=O)CC2(c3ccc(F)c(OCC4CC4)c3)CCNCC2)C(=O)N1. The Kier molecular flexibility index (Phi) is 7.77. The Balaban J connectivity index is 1.35. The lowest BCUT2D eigenvalue weighted by Gasteiger charge is -2.38. The Morgan fingerprint density at radius 1 is 1.12 bits per heavy atom. The highest BCUT2D eigenvalue weighted by molar-refractivity contribution is 7.91. The molecule has 1 aromatic carbocycles. The minimum Gasteiger partial charge on any atom is -0.490 e. The van der Waals surface area contributed by atoms with E-state index in [1.165, 1.54) is 11.0 Å². The van der Waals surface area contributed by atoms with Crippen LogP contribution in [0.1, 0.15) is 50.5 Å². The van der Waals surface area contributed by atoms with Crippen molar-refractivity contribution in [2.45, 2.75) is 50.4 Å². The summed E-state index contributed by atoms with van der Waals surface area (Å²) in [6, 6.07) is 4.43. The fraction of sp³-hybridized carbons (Fsp3) is 0.667. The van der Waals surface area contributed by atoms with E-state index in [0.29, 0.717) is 64.3 Å². The molecule has 1 aliphatic carbocycles. The molecule has 3 amide bonds. The fourth-order valence-electron chi connectivity index (χ4n) is 4.82. The summed E-state index contributed by atoms with van der Waals surface area (Å²) in [6.45, 7) is 2.42. The second-order valence-electron chi connectivity index (χ2n) is 9.86. The van der Waals surface area contributed by atoms with Gasteiger partial charge in [-0.15, -0.1) is 0 Å². The molecule has 2 N–H and O–H groups in total. The van der Waals surface area contributed by atoms with Crippen molar-refractivity contribution in [3.05, 3.63) is 29.6 Å². The molecule has 4 rings (SSSR count). The van der Waals surface area contributed by atoms with E-state index in [1.807, 2.05) is 0 Å². The van der Waals surface area contributed by atoms with Crippen molar-refractivity contribution in [1.29, 1.82) is 0 Å². The molecule has 0 spiro atoms. The number of halogens is 1. The fourth-order valence-corrected chi connectivity index (χ4v) is 6.90. The van der Waals surface area contributed by atoms with Crippen LogP contribution in [-0.2, 0) is 20.0 Å². The molecule has 0 unspecified atom stereocenters. The maximum absolute atomic E-state index is 14.4. The number of rotatable bonds is 12. The van der Waals surface area contributed by atoms with Gasteiger partial charge in [-0.05, 0) is 75.2 Å². The van der Waals surface area contributed by atoms with E-state index in [4.69, 9.17) is 4.74 Å². The van der Waals surface area contributed by atoms with Gasteiger partial charge in [0.2, 0.25) is 5.91 Å². The molecular formula is C24H34FN3O5S. The van der Waals surface area contributed by atoms with Gasteiger partial charge in [-0.25, -0.2) is 17.6 Å². The number of unbranched alkanes of at least 4 members (excludes halogenated alkanes) is 2. The van der Waals surface area contributed by atoms with E-state index < -0.39 is 21.1 Å². The molecular weight excluding hydrogens is 461 g/mol. The quantitative estimate of drug-likeness (QED) is 0.341. The Bertz CT molecular complexity index is 1010. The van der Waals surface area contributed by atoms with Crippen LogP contribution < -0.4 is 15.4 Å². The summed E-state index contributed by atoms with van der Waals surface area (Å²) < 4.78 is 46.3. The number of hydrogen-bond acceptors (Lipinski definition) is 6. The number of benzene rings is 1. The van der Waals surface area contributed by atoms with Gasteiger partial charge in [0.25, 0.3) is 0 Å². The number of nitrogens with one attached hydrogen (secondary N) is 2. The molecule has 3 aliphatic rings. The van der Waals surface area contributed by atoms with Crippen LogP contribution in [0.15, 0.2) is 18.2 Å². The summed E-state index contributed by atoms with van der Waals surface area (Å²) >= 11 is 0. The second-order valence-corrected chi connectivity index (χ2v) is 12.0. The lowest BCUT2D eigenvalue weighted by molar-refractivity contribution is -0.118. The maximum atomic E-state index is 14.4. The Hall–Kier alpha value is -2.20. The Morgan fingerprint density at radius 2 is 1.88 bits per heavy atom. The lowest BCUT2D eigenvalue weighted by Crippen LogP contribution is -2.45. The lowest BCUT2D eigenvalue weighted by atomic mass is 9.75. The minimum atomic E-state index is -3.35. The van der Waals surface area contributed by atoms with Crippen LogP contribution >= 0.6 is 0 Å². The minimum absolute atomic E-state index is 0.0262. The van der Waals surface area contributed by atoms with Crippen molar-refractivity contribution in [2.24, 2.45) is 5.92 Å². The third kappa shape index (κ3) is 6.47. The van der Waals surface area contributed by atoms with Crippen molar-refractivity contribution < 1.29 is 27.1 Å². The van der Waals surface area contributed by atoms with E-state index >= 15 is 0 Å². The molecule has 1 saturated carbocycles. The molecule has 10 heteroatoms. The van der Waals surface area contributed by atoms with Crippen LogP contribution in [0, 0.1) is 11.7 Å². The van der Waals surface area contributed by atoms with Crippen molar-refractivity contribution in [1.82, 2.24) is 15.5 Å². The van der Waals surface area contributed by atoms with Gasteiger partial charge in [0, 0.05) is 12.0 Å². The number of sulfone groups is 1. The molecule has 188 valence electrons. The highest BCUT2D eigenvalue weighted by Gasteiger charge is 2.39. The number of carbonyl (C=O) groups excluding carboxylic acids is 2. The average Bonchev–Trinajstić information content (AvgIpc) is 3.56. The van der Waals surface area contributed by atoms with E-state index in [0.717, 1.165) is 18.4 Å². The Morgan fingerprint density at radius 3 is 2.56 bits per heavy atom. The molecule has 0 atom stereocenters. The van der Waals surface area contributed by atoms with Gasteiger partial charge in [-0.2, -0.15) is 0 Å². The van der Waals surface area contributed by atoms with Gasteiger partial charge in [-0.1, -0.05) is 12.5 Å². The highest BCUT2D eigenvalue weighted by atomic mass is 32.2. The normalized spacial score (nSPS) is 20.4. The van der Waals surface area contributed by atoms with Gasteiger partial charge in [0.1, 0.15) is 6.54 Å². The molecule has 2 saturated heterocycles. The molecule has 0 bridgehead atoms. The summed E-state index contributed by atoms with van der Waals surface area (Å²) in [5, 5.41) is 5.54. The standard InChI is InChI=1S/C24H34FN3O5S/c25-20-7-6-19(14-21(20)33-16-18-4-5-18)24(8-10-26-11-9-24)17-34(31,32)13-3-1-2-12-28-15-22(29)27-23(28)30/h6-7,14,18,26H,1-5,8-13,15-17H2,(H,27,29,30). The van der Waals surface area contributed by atoms with Crippen molar-refractivity contribution in [2.75, 3.05) is 44.3 Å². The molecule has 1 aromatic rings. The third-order valence-corrected chi connectivity index (χ3v) is 8.93. The van der Waals surface area contributed by atoms with Gasteiger partial charge in [0.05, 0.1) is 18.1 Å². The van der Waals surface area contributed by atoms with E-state index in [9.17, 15) is 22.4 Å². The number of nitrogens with zero attached hydrogens (tertiary/aromatic N) is 1. The second kappa shape index (κ2) is 10.6. The highest BCUT2D eigenvalue weighted by Crippen LogP contribution is 2.38. The van der Waals surface area contributed by atoms with Crippen LogP contribution in [0.25, 0.3) is 0 Å². The molecule has 34 heavy (non-hydrogen) atoms. The summed E-state index contributed by atoms with van der Waals surface area (Å²) in [5.41, 5.74) is 0.262. The zero-order valence-electron chi connectivity index (χ0n) is 19.5. The van der Waals surface area contributed by atoms with Crippen LogP contribution in [-0.4, -0.2) is 69.5 Å². The van der Waals surface area contributed by atoms with Gasteiger partial charge >= 0.3 is 6.03 Å². The number of imide groups is 1. The average molecular weight is 496 g/mol. The van der Waals surface area contributed by atoms with Gasteiger partial charge < -0.3 is 15.0 Å². The van der Waals surface area contributed by atoms with Crippen LogP contribution in [0.3, 0.4) is 0 Å². The molecule has 3 fully saturated rings. The largest absolute Gasteiger partial charge is 0.490 e. The molecule has 2 heterocycles. The first-order valence-electron chi connectivity index (χ1n) is 12.2. The molecule has 0 radical (unpaired) electrons. The predicted octanol–water partition coefficient (Wildman–Crippen LogP) is 2.37. The van der Waals surface area contributed by atoms with E-state index in [-0.39, 0.29) is 35.7 Å². The van der Waals surface area contributed by atoms with Crippen LogP contribution in [0.5, 0.6) is 5.75 Å². The predicted molar refractivity (Wildman–Crippen MR) is 126 cm³/mol. The maximum Gasteiger partial charge on any atom is 0.324 e. The first-order valence-corrected chi connectivity index (χ1v) is 14.0. The first kappa shape index (κ1) is 24.9. The van der Waals surface area contributed by atoms with Crippen molar-refractivity contribution in [3.8, 4) is 5.75 Å². The number of ether oxygens (including phenoxy) is 1. The van der Waals surface area contributed by atoms with E-state index in [2.05, 4.69) is 10.6 Å². The number of hydrogen-bond donors (Lipinski definition) is 2. The Labute approximate surface area is 200 Å². The summed E-state index contributed by atoms with van der Waals surface area (Å²) in [5.74, 6) is 0.0880. The van der Waals surface area contributed by atoms with Crippen molar-refractivity contribution >= 4 is 21.8 Å². The summed E-state index contributed by atoms with van der Waals surface area (Å²) in [7, 11) is -3.35. The topological polar surface area (TPSA) is 105 Å². The number of amides is 3. The molecule has 0 aromatic heterocycles.